The Bertz CT molecular complexity index is 305. The minimum atomic E-state index is -0.130. The van der Waals surface area contributed by atoms with Crippen molar-refractivity contribution in [2.24, 2.45) is 5.73 Å². The average Bonchev–Trinajstić information content (AvgIpc) is 2.99. The highest BCUT2D eigenvalue weighted by Crippen LogP contribution is 2.47. The topological polar surface area (TPSA) is 45.9 Å². The average molecular weight is 176 g/mol. The Morgan fingerprint density at radius 2 is 2.15 bits per heavy atom. The Morgan fingerprint density at radius 1 is 1.38 bits per heavy atom. The van der Waals surface area contributed by atoms with E-state index in [2.05, 4.69) is 6.07 Å². The van der Waals surface area contributed by atoms with Crippen LogP contribution in [0.15, 0.2) is 24.3 Å². The molecule has 13 heavy (non-hydrogen) atoms. The lowest BCUT2D eigenvalue weighted by molar-refractivity contribution is 0.177. The second kappa shape index (κ2) is 3.13. The van der Waals surface area contributed by atoms with Crippen LogP contribution in [0.1, 0.15) is 24.0 Å². The van der Waals surface area contributed by atoms with Crippen LogP contribution in [0.3, 0.4) is 0 Å². The Morgan fingerprint density at radius 3 is 2.69 bits per heavy atom. The lowest BCUT2D eigenvalue weighted by Crippen LogP contribution is -2.19. The van der Waals surface area contributed by atoms with Crippen molar-refractivity contribution in [3.63, 3.8) is 0 Å². The van der Waals surface area contributed by atoms with E-state index in [1.807, 2.05) is 18.2 Å². The van der Waals surface area contributed by atoms with E-state index >= 15 is 0 Å². The highest BCUT2D eigenvalue weighted by atomic mass is 16.3. The Kier molecular flexibility index (Phi) is 2.10. The zero-order valence-corrected chi connectivity index (χ0v) is 7.62. The van der Waals surface area contributed by atoms with Gasteiger partial charge in [0.2, 0.25) is 0 Å². The maximum Gasteiger partial charge on any atom is 0.107 e. The van der Waals surface area contributed by atoms with Gasteiger partial charge in [0.25, 0.3) is 0 Å². The van der Waals surface area contributed by atoms with Crippen LogP contribution in [0.5, 0.6) is 0 Å². The van der Waals surface area contributed by atoms with Crippen LogP contribution in [0.25, 0.3) is 0 Å². The van der Waals surface area contributed by atoms with Crippen molar-refractivity contribution in [2.75, 3.05) is 6.54 Å². The summed E-state index contributed by atoms with van der Waals surface area (Å²) < 4.78 is 0. The van der Waals surface area contributed by atoms with Gasteiger partial charge in [-0.2, -0.15) is 0 Å². The molecule has 0 amide bonds. The van der Waals surface area contributed by atoms with Crippen molar-refractivity contribution in [2.45, 2.75) is 24.9 Å². The van der Waals surface area contributed by atoms with Crippen LogP contribution in [0, 0.1) is 0 Å². The minimum Gasteiger partial charge on any atom is -0.330 e. The summed E-state index contributed by atoms with van der Waals surface area (Å²) in [4.78, 5) is 0. The fraction of sp³-hybridized carbons (Fsp3) is 0.455. The standard InChI is InChI=1S/C11H14NO/c12-8-11(4-5-11)10-3-1-2-9(6-10)7-13/h1-3,6H,4-5,7-8,12H2. The molecular weight excluding hydrogens is 162 g/mol. The summed E-state index contributed by atoms with van der Waals surface area (Å²) in [7, 11) is 0. The Balaban J connectivity index is 2.30. The van der Waals surface area contributed by atoms with Crippen molar-refractivity contribution in [3.05, 3.63) is 35.4 Å². The molecule has 2 heteroatoms. The summed E-state index contributed by atoms with van der Waals surface area (Å²) in [5, 5.41) is 10.7. The van der Waals surface area contributed by atoms with Crippen LogP contribution in [0.4, 0.5) is 0 Å². The molecule has 0 heterocycles. The molecule has 69 valence electrons. The van der Waals surface area contributed by atoms with Crippen molar-refractivity contribution in [3.8, 4) is 0 Å². The van der Waals surface area contributed by atoms with Gasteiger partial charge in [-0.05, 0) is 24.0 Å². The number of nitrogens with two attached hydrogens (primary N) is 1. The molecule has 1 aromatic rings. The van der Waals surface area contributed by atoms with Crippen molar-refractivity contribution in [1.82, 2.24) is 0 Å². The first-order valence-electron chi connectivity index (χ1n) is 4.68. The molecule has 2 N–H and O–H groups in total. The number of hydrogen-bond donors (Lipinski definition) is 1. The van der Waals surface area contributed by atoms with E-state index in [0.717, 1.165) is 5.56 Å². The van der Waals surface area contributed by atoms with Crippen molar-refractivity contribution < 1.29 is 5.11 Å². The molecule has 0 unspecified atom stereocenters. The first-order valence-corrected chi connectivity index (χ1v) is 4.68. The molecule has 2 nitrogen and oxygen atoms in total. The molecule has 1 radical (unpaired) electrons. The zero-order valence-electron chi connectivity index (χ0n) is 7.62. The first kappa shape index (κ1) is 8.73. The second-order valence-corrected chi connectivity index (χ2v) is 3.83. The molecule has 1 aromatic carbocycles. The van der Waals surface area contributed by atoms with E-state index in [0.29, 0.717) is 6.54 Å². The van der Waals surface area contributed by atoms with E-state index in [-0.39, 0.29) is 12.0 Å². The number of hydrogen-bond acceptors (Lipinski definition) is 1. The molecule has 1 aliphatic rings. The largest absolute Gasteiger partial charge is 0.330 e. The number of rotatable bonds is 3. The van der Waals surface area contributed by atoms with Gasteiger partial charge in [0.05, 0.1) is 0 Å². The third-order valence-electron chi connectivity index (χ3n) is 2.95. The van der Waals surface area contributed by atoms with Crippen LogP contribution >= 0.6 is 0 Å². The van der Waals surface area contributed by atoms with Gasteiger partial charge < -0.3 is 5.73 Å². The van der Waals surface area contributed by atoms with E-state index in [9.17, 15) is 5.11 Å². The molecule has 0 atom stereocenters. The van der Waals surface area contributed by atoms with E-state index in [1.54, 1.807) is 0 Å². The van der Waals surface area contributed by atoms with Crippen LogP contribution < -0.4 is 5.73 Å². The lowest BCUT2D eigenvalue weighted by Gasteiger charge is -2.13. The quantitative estimate of drug-likeness (QED) is 0.747. The molecule has 0 bridgehead atoms. The summed E-state index contributed by atoms with van der Waals surface area (Å²) in [6, 6.07) is 7.92. The predicted octanol–water partition coefficient (Wildman–Crippen LogP) is 1.61. The smallest absolute Gasteiger partial charge is 0.107 e. The minimum absolute atomic E-state index is 0.130. The van der Waals surface area contributed by atoms with E-state index in [4.69, 9.17) is 5.73 Å². The second-order valence-electron chi connectivity index (χ2n) is 3.83. The van der Waals surface area contributed by atoms with E-state index in [1.165, 1.54) is 18.4 Å². The van der Waals surface area contributed by atoms with Crippen LogP contribution in [0.2, 0.25) is 0 Å². The maximum atomic E-state index is 10.7. The van der Waals surface area contributed by atoms with Gasteiger partial charge in [-0.1, -0.05) is 24.3 Å². The molecule has 1 aliphatic carbocycles. The molecule has 0 spiro atoms. The Hall–Kier alpha value is -0.860. The third kappa shape index (κ3) is 1.47. The van der Waals surface area contributed by atoms with Crippen molar-refractivity contribution in [1.29, 1.82) is 0 Å². The zero-order chi connectivity index (χ0) is 9.31. The first-order chi connectivity index (χ1) is 6.30. The summed E-state index contributed by atoms with van der Waals surface area (Å²) in [5.74, 6) is 0. The fourth-order valence-electron chi connectivity index (χ4n) is 1.75. The molecule has 0 aromatic heterocycles. The van der Waals surface area contributed by atoms with Gasteiger partial charge in [-0.3, -0.25) is 0 Å². The molecule has 2 rings (SSSR count). The fourth-order valence-corrected chi connectivity index (χ4v) is 1.75. The SMILES string of the molecule is NCC1(c2cccc(C[O])c2)CC1. The monoisotopic (exact) mass is 176 g/mol. The lowest BCUT2D eigenvalue weighted by atomic mass is 9.95. The molecule has 1 fully saturated rings. The number of benzene rings is 1. The molecular formula is C11H14NO. The molecule has 0 aliphatic heterocycles. The van der Waals surface area contributed by atoms with Gasteiger partial charge in [-0.15, -0.1) is 0 Å². The highest BCUT2D eigenvalue weighted by molar-refractivity contribution is 5.34. The van der Waals surface area contributed by atoms with Crippen LogP contribution in [-0.4, -0.2) is 6.54 Å². The van der Waals surface area contributed by atoms with Gasteiger partial charge in [0.15, 0.2) is 0 Å². The van der Waals surface area contributed by atoms with Gasteiger partial charge in [0, 0.05) is 12.0 Å². The Labute approximate surface area is 78.4 Å². The summed E-state index contributed by atoms with van der Waals surface area (Å²) in [5.41, 5.74) is 8.05. The molecule has 1 saturated carbocycles. The molecule has 0 saturated heterocycles. The van der Waals surface area contributed by atoms with Gasteiger partial charge in [0.1, 0.15) is 6.61 Å². The normalized spacial score (nSPS) is 18.6. The predicted molar refractivity (Wildman–Crippen MR) is 50.8 cm³/mol. The van der Waals surface area contributed by atoms with Crippen molar-refractivity contribution >= 4 is 0 Å². The van der Waals surface area contributed by atoms with Gasteiger partial charge >= 0.3 is 0 Å². The third-order valence-corrected chi connectivity index (χ3v) is 2.95. The van der Waals surface area contributed by atoms with Crippen LogP contribution in [-0.2, 0) is 17.1 Å². The highest BCUT2D eigenvalue weighted by Gasteiger charge is 2.42. The van der Waals surface area contributed by atoms with Gasteiger partial charge in [-0.25, -0.2) is 5.11 Å². The van der Waals surface area contributed by atoms with E-state index < -0.39 is 0 Å². The summed E-state index contributed by atoms with van der Waals surface area (Å²) in [6.45, 7) is 0.573. The summed E-state index contributed by atoms with van der Waals surface area (Å²) in [6.07, 6.45) is 2.34. The summed E-state index contributed by atoms with van der Waals surface area (Å²) >= 11 is 0. The maximum absolute atomic E-state index is 10.7.